The minimum absolute atomic E-state index is 0.0171. The van der Waals surface area contributed by atoms with Crippen LogP contribution in [0.15, 0.2) is 59.8 Å². The van der Waals surface area contributed by atoms with Crippen LogP contribution in [0.1, 0.15) is 37.3 Å². The Bertz CT molecular complexity index is 1610. The maximum atomic E-state index is 13.1. The lowest BCUT2D eigenvalue weighted by Gasteiger charge is -2.39. The van der Waals surface area contributed by atoms with Crippen LogP contribution < -0.4 is 5.73 Å². The van der Waals surface area contributed by atoms with Gasteiger partial charge in [-0.2, -0.15) is 9.61 Å². The van der Waals surface area contributed by atoms with Crippen molar-refractivity contribution in [2.45, 2.75) is 48.6 Å². The molecule has 2 N–H and O–H groups in total. The van der Waals surface area contributed by atoms with Crippen molar-refractivity contribution in [3.63, 3.8) is 0 Å². The molecule has 0 radical (unpaired) electrons. The van der Waals surface area contributed by atoms with Gasteiger partial charge < -0.3 is 15.2 Å². The number of anilines is 1. The van der Waals surface area contributed by atoms with E-state index >= 15 is 0 Å². The number of sulfone groups is 1. The average molecular weight is 577 g/mol. The quantitative estimate of drug-likeness (QED) is 0.281. The summed E-state index contributed by atoms with van der Waals surface area (Å²) in [6.07, 6.45) is 8.52. The van der Waals surface area contributed by atoms with Gasteiger partial charge in [-0.3, -0.25) is 9.88 Å². The summed E-state index contributed by atoms with van der Waals surface area (Å²) in [5.74, 6) is 0.0884. The van der Waals surface area contributed by atoms with Gasteiger partial charge in [-0.15, -0.1) is 0 Å². The van der Waals surface area contributed by atoms with Gasteiger partial charge >= 0.3 is 0 Å². The number of aromatic nitrogens is 4. The fourth-order valence-electron chi connectivity index (χ4n) is 6.49. The van der Waals surface area contributed by atoms with Gasteiger partial charge in [0.05, 0.1) is 37.4 Å². The monoisotopic (exact) mass is 576 g/mol. The van der Waals surface area contributed by atoms with E-state index in [-0.39, 0.29) is 16.6 Å². The summed E-state index contributed by atoms with van der Waals surface area (Å²) < 4.78 is 38.4. The number of piperidine rings is 1. The largest absolute Gasteiger partial charge is 0.382 e. The molecule has 0 spiro atoms. The Labute approximate surface area is 240 Å². The SMILES string of the molecule is COCCOCCN1[C@@H]2CC[C@H]1C[C@@H](c1nc3c(-c4ccc(-c5ccccc5)nc4)cnn3c(N)c1S(C)(=O)=O)C2. The van der Waals surface area contributed by atoms with Gasteiger partial charge in [-0.05, 0) is 31.7 Å². The Morgan fingerprint density at radius 3 is 2.39 bits per heavy atom. The second kappa shape index (κ2) is 11.5. The molecule has 41 heavy (non-hydrogen) atoms. The fourth-order valence-corrected chi connectivity index (χ4v) is 7.55. The van der Waals surface area contributed by atoms with Crippen molar-refractivity contribution < 1.29 is 17.9 Å². The Balaban J connectivity index is 1.32. The number of methoxy groups -OCH3 is 1. The van der Waals surface area contributed by atoms with Gasteiger partial charge in [-0.25, -0.2) is 13.4 Å². The Hall–Kier alpha value is -3.38. The van der Waals surface area contributed by atoms with Gasteiger partial charge in [0, 0.05) is 60.8 Å². The zero-order valence-electron chi connectivity index (χ0n) is 23.4. The van der Waals surface area contributed by atoms with Crippen molar-refractivity contribution in [2.24, 2.45) is 0 Å². The molecule has 3 aromatic heterocycles. The molecule has 10 nitrogen and oxygen atoms in total. The standard InChI is InChI=1S/C30H36N6O4S/c1-39-14-15-40-13-12-35-23-9-10-24(35)17-22(16-23)27-28(41(2,37)38)29(31)36-30(34-27)25(19-33-36)21-8-11-26(32-18-21)20-6-4-3-5-7-20/h3-8,11,18-19,22-24H,9-10,12-17,31H2,1-2H3/t22-,23+,24-. The molecule has 2 aliphatic rings. The molecule has 11 heteroatoms. The Morgan fingerprint density at radius 1 is 0.976 bits per heavy atom. The van der Waals surface area contributed by atoms with Crippen LogP contribution >= 0.6 is 0 Å². The summed E-state index contributed by atoms with van der Waals surface area (Å²) >= 11 is 0. The van der Waals surface area contributed by atoms with Crippen molar-refractivity contribution in [3.8, 4) is 22.4 Å². The average Bonchev–Trinajstić information content (AvgIpc) is 3.49. The lowest BCUT2D eigenvalue weighted by Crippen LogP contribution is -2.44. The second-order valence-corrected chi connectivity index (χ2v) is 12.9. The van der Waals surface area contributed by atoms with Crippen molar-refractivity contribution in [3.05, 3.63) is 60.6 Å². The summed E-state index contributed by atoms with van der Waals surface area (Å²) in [5, 5.41) is 4.45. The highest BCUT2D eigenvalue weighted by Gasteiger charge is 2.43. The predicted molar refractivity (Wildman–Crippen MR) is 157 cm³/mol. The van der Waals surface area contributed by atoms with Crippen molar-refractivity contribution in [1.82, 2.24) is 24.5 Å². The molecule has 6 rings (SSSR count). The Morgan fingerprint density at radius 2 is 1.73 bits per heavy atom. The third-order valence-corrected chi connectivity index (χ3v) is 9.53. The molecule has 2 saturated heterocycles. The van der Waals surface area contributed by atoms with E-state index in [2.05, 4.69) is 15.0 Å². The zero-order valence-corrected chi connectivity index (χ0v) is 24.3. The summed E-state index contributed by atoms with van der Waals surface area (Å²) in [4.78, 5) is 12.3. The first kappa shape index (κ1) is 27.8. The number of nitrogen functional groups attached to an aromatic ring is 1. The number of hydrogen-bond donors (Lipinski definition) is 1. The highest BCUT2D eigenvalue weighted by atomic mass is 32.2. The van der Waals surface area contributed by atoms with Crippen molar-refractivity contribution in [2.75, 3.05) is 45.5 Å². The third-order valence-electron chi connectivity index (χ3n) is 8.38. The topological polar surface area (TPSA) is 125 Å². The maximum absolute atomic E-state index is 13.1. The number of hydrogen-bond acceptors (Lipinski definition) is 9. The van der Waals surface area contributed by atoms with E-state index in [1.807, 2.05) is 42.5 Å². The molecule has 0 saturated carbocycles. The maximum Gasteiger partial charge on any atom is 0.180 e. The normalized spacial score (nSPS) is 21.1. The number of nitrogens with two attached hydrogens (primary N) is 1. The molecular weight excluding hydrogens is 540 g/mol. The molecule has 2 aliphatic heterocycles. The summed E-state index contributed by atoms with van der Waals surface area (Å²) in [5.41, 5.74) is 11.1. The van der Waals surface area contributed by atoms with Crippen LogP contribution in [0.4, 0.5) is 5.82 Å². The van der Waals surface area contributed by atoms with E-state index in [0.717, 1.165) is 54.6 Å². The van der Waals surface area contributed by atoms with Gasteiger partial charge in [0.15, 0.2) is 15.5 Å². The number of fused-ring (bicyclic) bond motifs is 3. The molecule has 1 aromatic carbocycles. The van der Waals surface area contributed by atoms with E-state index in [0.29, 0.717) is 43.2 Å². The molecule has 0 unspecified atom stereocenters. The number of benzene rings is 1. The van der Waals surface area contributed by atoms with E-state index in [1.165, 1.54) is 10.8 Å². The van der Waals surface area contributed by atoms with Crippen molar-refractivity contribution in [1.29, 1.82) is 0 Å². The van der Waals surface area contributed by atoms with Crippen LogP contribution in [0.3, 0.4) is 0 Å². The number of pyridine rings is 1. The fraction of sp³-hybridized carbons (Fsp3) is 0.433. The minimum Gasteiger partial charge on any atom is -0.382 e. The van der Waals surface area contributed by atoms with Crippen LogP contribution in [-0.4, -0.2) is 84.7 Å². The van der Waals surface area contributed by atoms with Crippen LogP contribution in [0.5, 0.6) is 0 Å². The van der Waals surface area contributed by atoms with Crippen molar-refractivity contribution >= 4 is 21.3 Å². The molecule has 2 bridgehead atoms. The van der Waals surface area contributed by atoms with Gasteiger partial charge in [0.25, 0.3) is 0 Å². The first-order chi connectivity index (χ1) is 19.8. The highest BCUT2D eigenvalue weighted by molar-refractivity contribution is 7.91. The van der Waals surface area contributed by atoms with Crippen LogP contribution in [0.25, 0.3) is 28.0 Å². The summed E-state index contributed by atoms with van der Waals surface area (Å²) in [6, 6.07) is 14.7. The van der Waals surface area contributed by atoms with E-state index in [9.17, 15) is 8.42 Å². The van der Waals surface area contributed by atoms with Gasteiger partial charge in [0.2, 0.25) is 0 Å². The van der Waals surface area contributed by atoms with E-state index in [1.54, 1.807) is 19.5 Å². The van der Waals surface area contributed by atoms with E-state index < -0.39 is 9.84 Å². The lowest BCUT2D eigenvalue weighted by atomic mass is 9.87. The molecule has 0 aliphatic carbocycles. The molecule has 4 aromatic rings. The molecule has 5 heterocycles. The molecule has 216 valence electrons. The first-order valence-electron chi connectivity index (χ1n) is 14.1. The second-order valence-electron chi connectivity index (χ2n) is 11.0. The summed E-state index contributed by atoms with van der Waals surface area (Å²) in [6.45, 7) is 2.69. The molecular formula is C30H36N6O4S. The number of rotatable bonds is 10. The number of ether oxygens (including phenoxy) is 2. The lowest BCUT2D eigenvalue weighted by molar-refractivity contribution is 0.0370. The summed E-state index contributed by atoms with van der Waals surface area (Å²) in [7, 11) is -1.98. The van der Waals surface area contributed by atoms with Gasteiger partial charge in [-0.1, -0.05) is 36.4 Å². The molecule has 3 atom stereocenters. The predicted octanol–water partition coefficient (Wildman–Crippen LogP) is 3.82. The zero-order chi connectivity index (χ0) is 28.6. The highest BCUT2D eigenvalue weighted by Crippen LogP contribution is 2.45. The smallest absolute Gasteiger partial charge is 0.180 e. The van der Waals surface area contributed by atoms with Gasteiger partial charge in [0.1, 0.15) is 10.7 Å². The van der Waals surface area contributed by atoms with E-state index in [4.69, 9.17) is 20.2 Å². The molecule has 2 fully saturated rings. The molecule has 0 amide bonds. The minimum atomic E-state index is -3.65. The van der Waals surface area contributed by atoms with Crippen LogP contribution in [0.2, 0.25) is 0 Å². The van der Waals surface area contributed by atoms with Crippen LogP contribution in [0, 0.1) is 0 Å². The first-order valence-corrected chi connectivity index (χ1v) is 16.0. The Kier molecular flexibility index (Phi) is 7.78. The van der Waals surface area contributed by atoms with Crippen LogP contribution in [-0.2, 0) is 19.3 Å². The number of nitrogens with zero attached hydrogens (tertiary/aromatic N) is 5. The third kappa shape index (κ3) is 5.46.